The number of fused-ring (bicyclic) bond motifs is 2. The van der Waals surface area contributed by atoms with Gasteiger partial charge in [0.05, 0.1) is 33.9 Å². The maximum absolute atomic E-state index is 15.4. The molecule has 2 fully saturated rings. The van der Waals surface area contributed by atoms with E-state index < -0.39 is 11.0 Å². The highest BCUT2D eigenvalue weighted by molar-refractivity contribution is 6.24. The van der Waals surface area contributed by atoms with Crippen molar-refractivity contribution in [2.75, 3.05) is 28.4 Å². The molecule has 1 saturated heterocycles. The minimum Gasteiger partial charge on any atom is -0.493 e. The van der Waals surface area contributed by atoms with Crippen molar-refractivity contribution in [1.29, 1.82) is 0 Å². The fourth-order valence-electron chi connectivity index (χ4n) is 8.59. The fraction of sp³-hybridized carbons (Fsp3) is 0.316. The van der Waals surface area contributed by atoms with Gasteiger partial charge in [-0.05, 0) is 89.6 Å². The van der Waals surface area contributed by atoms with Gasteiger partial charge < -0.3 is 18.9 Å². The average Bonchev–Trinajstić information content (AvgIpc) is 3.47. The van der Waals surface area contributed by atoms with E-state index >= 15 is 4.79 Å². The smallest absolute Gasteiger partial charge is 0.189 e. The molecule has 2 spiro atoms. The molecule has 1 saturated carbocycles. The van der Waals surface area contributed by atoms with Crippen molar-refractivity contribution < 1.29 is 28.5 Å². The van der Waals surface area contributed by atoms with Gasteiger partial charge in [0.2, 0.25) is 0 Å². The van der Waals surface area contributed by atoms with Crippen LogP contribution in [-0.2, 0) is 10.3 Å². The molecule has 0 radical (unpaired) electrons. The number of nitrogens with one attached hydrogen (secondary N) is 1. The van der Waals surface area contributed by atoms with Crippen LogP contribution in [0, 0.1) is 5.41 Å². The van der Waals surface area contributed by atoms with Crippen LogP contribution in [0.15, 0.2) is 78.4 Å². The van der Waals surface area contributed by atoms with E-state index in [0.717, 1.165) is 33.9 Å². The number of ether oxygens (including phenoxy) is 4. The van der Waals surface area contributed by atoms with Crippen LogP contribution in [0.1, 0.15) is 59.2 Å². The lowest BCUT2D eigenvalue weighted by atomic mass is 9.52. The molecule has 1 heterocycles. The molecule has 0 aromatic heterocycles. The molecule has 1 unspecified atom stereocenters. The third-order valence-electron chi connectivity index (χ3n) is 10.3. The maximum atomic E-state index is 15.4. The number of methoxy groups -OCH3 is 4. The van der Waals surface area contributed by atoms with Gasteiger partial charge in [-0.25, -0.2) is 0 Å². The predicted molar refractivity (Wildman–Crippen MR) is 174 cm³/mol. The summed E-state index contributed by atoms with van der Waals surface area (Å²) < 4.78 is 22.3. The van der Waals surface area contributed by atoms with Crippen molar-refractivity contribution in [2.45, 2.75) is 43.7 Å². The number of Topliss-reactive ketones (excluding diaryl/α,β-unsaturated/α-hetero) is 2. The van der Waals surface area contributed by atoms with Gasteiger partial charge in [0, 0.05) is 17.5 Å². The second kappa shape index (κ2) is 10.8. The first-order valence-electron chi connectivity index (χ1n) is 15.4. The van der Waals surface area contributed by atoms with Crippen molar-refractivity contribution in [1.82, 2.24) is 5.32 Å². The second-order valence-corrected chi connectivity index (χ2v) is 12.3. The van der Waals surface area contributed by atoms with Gasteiger partial charge in [-0.2, -0.15) is 0 Å². The molecule has 0 bridgehead atoms. The monoisotopic (exact) mass is 603 g/mol. The largest absolute Gasteiger partial charge is 0.493 e. The van der Waals surface area contributed by atoms with Crippen LogP contribution < -0.4 is 24.3 Å². The molecule has 7 nitrogen and oxygen atoms in total. The molecule has 1 N–H and O–H groups in total. The summed E-state index contributed by atoms with van der Waals surface area (Å²) >= 11 is 0. The number of carbonyl (C=O) groups excluding carboxylic acids is 2. The van der Waals surface area contributed by atoms with Crippen LogP contribution in [-0.4, -0.2) is 46.0 Å². The highest BCUT2D eigenvalue weighted by Gasteiger charge is 2.73. The van der Waals surface area contributed by atoms with E-state index in [1.807, 2.05) is 78.9 Å². The van der Waals surface area contributed by atoms with Crippen molar-refractivity contribution >= 4 is 28.4 Å². The summed E-state index contributed by atoms with van der Waals surface area (Å²) in [4.78, 5) is 30.4. The molecule has 7 rings (SSSR count). The third-order valence-corrected chi connectivity index (χ3v) is 10.3. The van der Waals surface area contributed by atoms with E-state index in [1.165, 1.54) is 0 Å². The number of benzene rings is 4. The van der Waals surface area contributed by atoms with E-state index in [0.29, 0.717) is 47.0 Å². The van der Waals surface area contributed by atoms with Crippen LogP contribution in [0.5, 0.6) is 23.0 Å². The molecule has 4 aromatic rings. The van der Waals surface area contributed by atoms with Crippen molar-refractivity contribution in [3.8, 4) is 23.0 Å². The molecule has 4 aromatic carbocycles. The Balaban J connectivity index is 1.48. The Morgan fingerprint density at radius 2 is 1.44 bits per heavy atom. The maximum Gasteiger partial charge on any atom is 0.189 e. The minimum atomic E-state index is -1.23. The molecular weight excluding hydrogens is 566 g/mol. The number of allylic oxidation sites excluding steroid dienone is 1. The summed E-state index contributed by atoms with van der Waals surface area (Å²) in [6.07, 6.45) is 3.88. The zero-order chi connectivity index (χ0) is 31.5. The Morgan fingerprint density at radius 3 is 2.16 bits per heavy atom. The number of carbonyl (C=O) groups is 2. The summed E-state index contributed by atoms with van der Waals surface area (Å²) in [5.41, 5.74) is 1.69. The third kappa shape index (κ3) is 3.93. The Bertz CT molecular complexity index is 1890. The zero-order valence-electron chi connectivity index (χ0n) is 26.2. The highest BCUT2D eigenvalue weighted by Crippen LogP contribution is 2.66. The van der Waals surface area contributed by atoms with Gasteiger partial charge >= 0.3 is 0 Å². The Morgan fingerprint density at radius 1 is 0.778 bits per heavy atom. The lowest BCUT2D eigenvalue weighted by molar-refractivity contribution is -0.130. The molecule has 7 heteroatoms. The van der Waals surface area contributed by atoms with E-state index in [9.17, 15) is 4.79 Å². The van der Waals surface area contributed by atoms with Gasteiger partial charge in [-0.1, -0.05) is 48.5 Å². The fourth-order valence-corrected chi connectivity index (χ4v) is 8.59. The first kappa shape index (κ1) is 29.1. The van der Waals surface area contributed by atoms with Crippen LogP contribution in [0.2, 0.25) is 0 Å². The molecule has 45 heavy (non-hydrogen) atoms. The van der Waals surface area contributed by atoms with Crippen molar-refractivity contribution in [3.05, 3.63) is 101 Å². The normalized spacial score (nSPS) is 26.3. The summed E-state index contributed by atoms with van der Waals surface area (Å²) in [5.74, 6) is 2.05. The van der Waals surface area contributed by atoms with Crippen molar-refractivity contribution in [3.63, 3.8) is 0 Å². The van der Waals surface area contributed by atoms with Gasteiger partial charge in [0.1, 0.15) is 5.54 Å². The van der Waals surface area contributed by atoms with Gasteiger partial charge in [-0.15, -0.1) is 0 Å². The number of hydrogen-bond acceptors (Lipinski definition) is 7. The molecule has 0 amide bonds. The molecular formula is C38H37NO6. The van der Waals surface area contributed by atoms with Crippen LogP contribution in [0.4, 0.5) is 0 Å². The Hall–Kier alpha value is -4.62. The quantitative estimate of drug-likeness (QED) is 0.241. The van der Waals surface area contributed by atoms with E-state index in [4.69, 9.17) is 18.9 Å². The lowest BCUT2D eigenvalue weighted by Gasteiger charge is -2.47. The van der Waals surface area contributed by atoms with Gasteiger partial charge in [-0.3, -0.25) is 14.9 Å². The molecule has 2 aliphatic carbocycles. The number of ketones is 2. The van der Waals surface area contributed by atoms with Crippen LogP contribution in [0.25, 0.3) is 16.8 Å². The Labute approximate surface area is 263 Å². The van der Waals surface area contributed by atoms with Crippen LogP contribution >= 0.6 is 0 Å². The van der Waals surface area contributed by atoms with Crippen LogP contribution in [0.3, 0.4) is 0 Å². The predicted octanol–water partition coefficient (Wildman–Crippen LogP) is 6.86. The minimum absolute atomic E-state index is 0.00155. The van der Waals surface area contributed by atoms with E-state index in [1.54, 1.807) is 28.4 Å². The standard InChI is InChI=1S/C38H37NO6/c1-22-34(25-15-17-30(43-3)32(21-25)45-5)37(38(39-22)28-13-7-10-24-9-6-12-27(33(24)28)36(38)41)18-8-11-26(35(37)40)19-23-14-16-29(42-2)31(20-23)44-4/h6-7,9-10,12-17,19-22,34,39H,8,11,18H2,1-5H3/b26-19+/t22?,34-,37+,38+/m1/s1. The molecule has 1 aliphatic heterocycles. The first-order chi connectivity index (χ1) is 21.8. The second-order valence-electron chi connectivity index (χ2n) is 12.3. The van der Waals surface area contributed by atoms with Crippen molar-refractivity contribution in [2.24, 2.45) is 5.41 Å². The zero-order valence-corrected chi connectivity index (χ0v) is 26.2. The van der Waals surface area contributed by atoms with Gasteiger partial charge in [0.15, 0.2) is 34.6 Å². The highest BCUT2D eigenvalue weighted by atomic mass is 16.5. The van der Waals surface area contributed by atoms with Gasteiger partial charge in [0.25, 0.3) is 0 Å². The first-order valence-corrected chi connectivity index (χ1v) is 15.4. The summed E-state index contributed by atoms with van der Waals surface area (Å²) in [6, 6.07) is 23.3. The Kier molecular flexibility index (Phi) is 6.97. The summed E-state index contributed by atoms with van der Waals surface area (Å²) in [5, 5.41) is 5.73. The molecule has 4 atom stereocenters. The van der Waals surface area contributed by atoms with E-state index in [2.05, 4.69) is 12.2 Å². The summed E-state index contributed by atoms with van der Waals surface area (Å²) in [7, 11) is 6.42. The lowest BCUT2D eigenvalue weighted by Crippen LogP contribution is -2.59. The average molecular weight is 604 g/mol. The topological polar surface area (TPSA) is 83.1 Å². The number of rotatable bonds is 6. The SMILES string of the molecule is COc1ccc(/C=C2\CCC[C@@]3(C2=O)[C@@H](c2ccc(OC)c(OC)c2)C(C)N[C@@]32C(=O)c3cccc4cccc2c34)cc1OC. The molecule has 230 valence electrons. The molecule has 3 aliphatic rings. The summed E-state index contributed by atoms with van der Waals surface area (Å²) in [6.45, 7) is 2.09. The number of hydrogen-bond donors (Lipinski definition) is 1. The van der Waals surface area contributed by atoms with E-state index in [-0.39, 0.29) is 23.5 Å².